The maximum atomic E-state index is 12.7. The Morgan fingerprint density at radius 1 is 0.380 bits per heavy atom. The molecule has 0 heterocycles. The maximum absolute atomic E-state index is 12.7. The molecule has 0 saturated heterocycles. The van der Waals surface area contributed by atoms with Gasteiger partial charge in [-0.3, -0.25) is 18.6 Å². The monoisotopic (exact) mass is 1110 g/mol. The lowest BCUT2D eigenvalue weighted by Gasteiger charge is -2.19. The van der Waals surface area contributed by atoms with Crippen LogP contribution in [-0.2, 0) is 32.7 Å². The predicted molar refractivity (Wildman–Crippen MR) is 339 cm³/mol. The quantitative estimate of drug-likeness (QED) is 0.0264. The molecule has 0 radical (unpaired) electrons. The number of hydrogen-bond donors (Lipinski definition) is 2. The molecule has 0 aliphatic heterocycles. The number of allylic oxidation sites excluding steroid dienone is 30. The van der Waals surface area contributed by atoms with Crippen molar-refractivity contribution in [3.8, 4) is 0 Å². The van der Waals surface area contributed by atoms with Crippen LogP contribution in [0, 0.1) is 0 Å². The average molecular weight is 1110 g/mol. The van der Waals surface area contributed by atoms with Crippen molar-refractivity contribution >= 4 is 19.8 Å². The number of carbonyl (C=O) groups is 2. The molecular formula is C69H108NO8P. The summed E-state index contributed by atoms with van der Waals surface area (Å²) in [5.74, 6) is -0.902. The Hall–Kier alpha value is -4.89. The van der Waals surface area contributed by atoms with Gasteiger partial charge in [0.2, 0.25) is 0 Å². The van der Waals surface area contributed by atoms with E-state index < -0.39 is 32.5 Å². The first-order chi connectivity index (χ1) is 38.8. The van der Waals surface area contributed by atoms with Crippen LogP contribution in [-0.4, -0.2) is 49.3 Å². The van der Waals surface area contributed by atoms with E-state index in [9.17, 15) is 19.0 Å². The summed E-state index contributed by atoms with van der Waals surface area (Å²) in [5, 5.41) is 0. The zero-order valence-electron chi connectivity index (χ0n) is 49.3. The summed E-state index contributed by atoms with van der Waals surface area (Å²) in [7, 11) is -4.42. The molecule has 442 valence electrons. The summed E-state index contributed by atoms with van der Waals surface area (Å²) in [6.45, 7) is 3.43. The summed E-state index contributed by atoms with van der Waals surface area (Å²) in [6.07, 6.45) is 93.8. The predicted octanol–water partition coefficient (Wildman–Crippen LogP) is 19.6. The third-order valence-electron chi connectivity index (χ3n) is 11.8. The minimum Gasteiger partial charge on any atom is -0.462 e. The van der Waals surface area contributed by atoms with Crippen molar-refractivity contribution in [1.29, 1.82) is 0 Å². The van der Waals surface area contributed by atoms with E-state index in [2.05, 4.69) is 196 Å². The highest BCUT2D eigenvalue weighted by Crippen LogP contribution is 2.43. The van der Waals surface area contributed by atoms with Gasteiger partial charge in [-0.05, 0) is 135 Å². The van der Waals surface area contributed by atoms with Crippen LogP contribution in [0.15, 0.2) is 182 Å². The van der Waals surface area contributed by atoms with E-state index in [-0.39, 0.29) is 32.6 Å². The molecule has 0 aliphatic rings. The molecule has 0 aromatic carbocycles. The van der Waals surface area contributed by atoms with E-state index in [4.69, 9.17) is 24.3 Å². The van der Waals surface area contributed by atoms with E-state index in [1.807, 2.05) is 0 Å². The molecule has 0 fully saturated rings. The Labute approximate surface area is 482 Å². The summed E-state index contributed by atoms with van der Waals surface area (Å²) in [4.78, 5) is 35.2. The van der Waals surface area contributed by atoms with Crippen LogP contribution in [0.3, 0.4) is 0 Å². The second-order valence-electron chi connectivity index (χ2n) is 19.1. The Morgan fingerprint density at radius 3 is 1.00 bits per heavy atom. The third kappa shape index (κ3) is 62.2. The van der Waals surface area contributed by atoms with Gasteiger partial charge >= 0.3 is 19.8 Å². The minimum atomic E-state index is -4.42. The number of carbonyl (C=O) groups excluding carboxylic acids is 2. The van der Waals surface area contributed by atoms with Crippen LogP contribution in [0.2, 0.25) is 0 Å². The smallest absolute Gasteiger partial charge is 0.462 e. The van der Waals surface area contributed by atoms with Gasteiger partial charge in [0, 0.05) is 19.4 Å². The number of nitrogens with two attached hydrogens (primary N) is 1. The van der Waals surface area contributed by atoms with Crippen molar-refractivity contribution in [2.75, 3.05) is 26.4 Å². The van der Waals surface area contributed by atoms with Gasteiger partial charge in [-0.1, -0.05) is 241 Å². The fraction of sp³-hybridized carbons (Fsp3) is 0.536. The van der Waals surface area contributed by atoms with E-state index in [1.165, 1.54) is 32.1 Å². The Bertz CT molecular complexity index is 1940. The molecule has 2 unspecified atom stereocenters. The molecule has 0 saturated carbocycles. The average Bonchev–Trinajstić information content (AvgIpc) is 3.44. The molecular weight excluding hydrogens is 1000 g/mol. The van der Waals surface area contributed by atoms with Gasteiger partial charge in [0.05, 0.1) is 13.2 Å². The van der Waals surface area contributed by atoms with Crippen LogP contribution >= 0.6 is 7.82 Å². The first kappa shape index (κ1) is 74.1. The van der Waals surface area contributed by atoms with Gasteiger partial charge in [0.15, 0.2) is 6.10 Å². The number of unbranched alkanes of at least 4 members (excludes halogenated alkanes) is 11. The third-order valence-corrected chi connectivity index (χ3v) is 12.8. The molecule has 0 aromatic rings. The highest BCUT2D eigenvalue weighted by molar-refractivity contribution is 7.47. The van der Waals surface area contributed by atoms with Crippen molar-refractivity contribution in [2.24, 2.45) is 5.73 Å². The first-order valence-electron chi connectivity index (χ1n) is 30.3. The normalized spacial score (nSPS) is 14.3. The number of phosphoric ester groups is 1. The van der Waals surface area contributed by atoms with Gasteiger partial charge < -0.3 is 20.1 Å². The number of esters is 2. The number of rotatable bonds is 54. The Balaban J connectivity index is 4.13. The largest absolute Gasteiger partial charge is 0.472 e. The van der Waals surface area contributed by atoms with E-state index in [1.54, 1.807) is 0 Å². The molecule has 0 bridgehead atoms. The molecule has 10 heteroatoms. The summed E-state index contributed by atoms with van der Waals surface area (Å²) >= 11 is 0. The SMILES string of the molecule is CC/C=C\C/C=C\C/C=C\C/C=C\C/C=C\C/C=C\C/C=C\C/C=C\CCCCC(=O)OC(COC(=O)CCCCCCCCCCC/C=C\C/C=C\C/C=C\C/C=C\C/C=C\C/C=C\C/C=C\CC)COP(=O)(O)OCCN. The van der Waals surface area contributed by atoms with Gasteiger partial charge in [-0.2, -0.15) is 0 Å². The van der Waals surface area contributed by atoms with Gasteiger partial charge in [-0.15, -0.1) is 0 Å². The Morgan fingerprint density at radius 2 is 0.658 bits per heavy atom. The molecule has 0 spiro atoms. The molecule has 2 atom stereocenters. The summed E-state index contributed by atoms with van der Waals surface area (Å²) in [5.41, 5.74) is 5.38. The molecule has 0 rings (SSSR count). The second kappa shape index (κ2) is 62.3. The Kier molecular flexibility index (Phi) is 58.5. The first-order valence-corrected chi connectivity index (χ1v) is 31.8. The number of phosphoric acid groups is 1. The van der Waals surface area contributed by atoms with Crippen molar-refractivity contribution < 1.29 is 37.6 Å². The number of ether oxygens (including phenoxy) is 2. The van der Waals surface area contributed by atoms with Gasteiger partial charge in [0.1, 0.15) is 6.61 Å². The zero-order chi connectivity index (χ0) is 57.3. The molecule has 0 aliphatic carbocycles. The lowest BCUT2D eigenvalue weighted by Crippen LogP contribution is -2.29. The molecule has 0 amide bonds. The molecule has 79 heavy (non-hydrogen) atoms. The highest BCUT2D eigenvalue weighted by atomic mass is 31.2. The fourth-order valence-electron chi connectivity index (χ4n) is 7.39. The number of hydrogen-bond acceptors (Lipinski definition) is 8. The van der Waals surface area contributed by atoms with Crippen molar-refractivity contribution in [3.63, 3.8) is 0 Å². The van der Waals surface area contributed by atoms with Crippen molar-refractivity contribution in [3.05, 3.63) is 182 Å². The van der Waals surface area contributed by atoms with Crippen LogP contribution in [0.1, 0.15) is 206 Å². The van der Waals surface area contributed by atoms with Gasteiger partial charge in [0.25, 0.3) is 0 Å². The van der Waals surface area contributed by atoms with Crippen LogP contribution in [0.25, 0.3) is 0 Å². The van der Waals surface area contributed by atoms with Crippen LogP contribution in [0.4, 0.5) is 0 Å². The van der Waals surface area contributed by atoms with Crippen molar-refractivity contribution in [2.45, 2.75) is 213 Å². The van der Waals surface area contributed by atoms with Crippen LogP contribution < -0.4 is 5.73 Å². The van der Waals surface area contributed by atoms with Crippen LogP contribution in [0.5, 0.6) is 0 Å². The summed E-state index contributed by atoms with van der Waals surface area (Å²) < 4.78 is 33.0. The molecule has 3 N–H and O–H groups in total. The molecule has 9 nitrogen and oxygen atoms in total. The summed E-state index contributed by atoms with van der Waals surface area (Å²) in [6, 6.07) is 0. The van der Waals surface area contributed by atoms with E-state index in [0.717, 1.165) is 135 Å². The molecule has 0 aromatic heterocycles. The highest BCUT2D eigenvalue weighted by Gasteiger charge is 2.26. The maximum Gasteiger partial charge on any atom is 0.472 e. The second-order valence-corrected chi connectivity index (χ2v) is 20.6. The van der Waals surface area contributed by atoms with E-state index >= 15 is 0 Å². The van der Waals surface area contributed by atoms with Crippen molar-refractivity contribution in [1.82, 2.24) is 0 Å². The lowest BCUT2D eigenvalue weighted by molar-refractivity contribution is -0.161. The fourth-order valence-corrected chi connectivity index (χ4v) is 8.16. The topological polar surface area (TPSA) is 134 Å². The lowest BCUT2D eigenvalue weighted by atomic mass is 10.1. The standard InChI is InChI=1S/C69H108NO8P/c1-3-5-7-9-11-13-15-17-19-21-23-25-27-29-31-32-33-34-36-37-39-41-43-45-47-49-51-53-55-57-59-61-68(71)75-65-67(66-77-79(73,74)76-64-63-70)78-69(72)62-60-58-56-54-52-50-48-46-44-42-40-38-35-30-28-26-24-22-20-18-16-14-12-10-8-6-4-2/h5-8,11-14,17-20,23-26,29-31,33-35,37,39-40,42,46,48,52,54,67H,3-4,9-10,15-16,21-22,27-28,32,36,38,41,43-45,47,49-51,53,55-66,70H2,1-2H3,(H,73,74)/b7-5-,8-6-,13-11-,14-12-,19-17-,20-18-,25-23-,26-24-,31-29-,34-33-,35-30-,39-37-,42-40-,48-46-,54-52-. The van der Waals surface area contributed by atoms with E-state index in [0.29, 0.717) is 12.8 Å². The zero-order valence-corrected chi connectivity index (χ0v) is 50.2. The van der Waals surface area contributed by atoms with Gasteiger partial charge in [-0.25, -0.2) is 4.57 Å². The minimum absolute atomic E-state index is 0.0344.